The van der Waals surface area contributed by atoms with Gasteiger partial charge in [0.25, 0.3) is 5.91 Å². The van der Waals surface area contributed by atoms with Crippen molar-refractivity contribution in [3.8, 4) is 6.07 Å². The summed E-state index contributed by atoms with van der Waals surface area (Å²) in [5.74, 6) is 0.148. The van der Waals surface area contributed by atoms with Crippen LogP contribution in [-0.4, -0.2) is 35.6 Å². The molecule has 0 heterocycles. The molecule has 1 amide bonds. The Kier molecular flexibility index (Phi) is 5.35. The van der Waals surface area contributed by atoms with E-state index >= 15 is 0 Å². The first-order valence-corrected chi connectivity index (χ1v) is 9.08. The maximum Gasteiger partial charge on any atom is 0.285 e. The van der Waals surface area contributed by atoms with Gasteiger partial charge in [-0.05, 0) is 64.3 Å². The fraction of sp³-hybridized carbons (Fsp3) is 0.600. The molecule has 1 fully saturated rings. The largest absolute Gasteiger partial charge is 0.320 e. The minimum absolute atomic E-state index is 0.148. The summed E-state index contributed by atoms with van der Waals surface area (Å²) >= 11 is 0. The average Bonchev–Trinajstić information content (AvgIpc) is 2.53. The van der Waals surface area contributed by atoms with Gasteiger partial charge in [-0.25, -0.2) is 0 Å². The van der Waals surface area contributed by atoms with Gasteiger partial charge in [-0.1, -0.05) is 0 Å². The Morgan fingerprint density at radius 2 is 1.67 bits per heavy atom. The first kappa shape index (κ1) is 18.5. The second-order valence-corrected chi connectivity index (χ2v) is 7.03. The normalized spacial score (nSPS) is 16.2. The third-order valence-corrected chi connectivity index (χ3v) is 6.23. The zero-order valence-electron chi connectivity index (χ0n) is 15.7. The standard InChI is InChI=1S/C20H29N3O/c1-6-23(7-2,8-3)20(10-9-11-20)19(24)22-18-15(4)12-17(14-21)13-16(18)5/h12-13H,6-11H2,1-5H3/p+1. The second kappa shape index (κ2) is 6.94. The maximum atomic E-state index is 13.3. The van der Waals surface area contributed by atoms with E-state index in [1.54, 1.807) is 0 Å². The summed E-state index contributed by atoms with van der Waals surface area (Å²) in [7, 11) is 0. The lowest BCUT2D eigenvalue weighted by Gasteiger charge is -2.55. The number of amides is 1. The fourth-order valence-corrected chi connectivity index (χ4v) is 4.46. The van der Waals surface area contributed by atoms with Crippen LogP contribution >= 0.6 is 0 Å². The van der Waals surface area contributed by atoms with Crippen LogP contribution in [0.3, 0.4) is 0 Å². The molecule has 0 aromatic heterocycles. The predicted molar refractivity (Wildman–Crippen MR) is 97.7 cm³/mol. The molecule has 1 aromatic carbocycles. The minimum Gasteiger partial charge on any atom is -0.320 e. The summed E-state index contributed by atoms with van der Waals surface area (Å²) in [6.45, 7) is 13.4. The van der Waals surface area contributed by atoms with Gasteiger partial charge in [0.05, 0.1) is 31.3 Å². The van der Waals surface area contributed by atoms with Crippen molar-refractivity contribution in [3.63, 3.8) is 0 Å². The summed E-state index contributed by atoms with van der Waals surface area (Å²) in [6.07, 6.45) is 3.05. The van der Waals surface area contributed by atoms with Gasteiger partial charge in [0.15, 0.2) is 5.54 Å². The van der Waals surface area contributed by atoms with Crippen LogP contribution in [0.1, 0.15) is 56.7 Å². The zero-order valence-corrected chi connectivity index (χ0v) is 15.7. The topological polar surface area (TPSA) is 52.9 Å². The van der Waals surface area contributed by atoms with Gasteiger partial charge in [-0.15, -0.1) is 0 Å². The molecule has 0 saturated heterocycles. The van der Waals surface area contributed by atoms with E-state index in [2.05, 4.69) is 32.2 Å². The van der Waals surface area contributed by atoms with Gasteiger partial charge in [0, 0.05) is 18.5 Å². The number of carbonyl (C=O) groups excluding carboxylic acids is 1. The Morgan fingerprint density at radius 3 is 2.00 bits per heavy atom. The Bertz CT molecular complexity index is 633. The van der Waals surface area contributed by atoms with Crippen LogP contribution in [0.4, 0.5) is 5.69 Å². The number of rotatable bonds is 6. The van der Waals surface area contributed by atoms with Crippen molar-refractivity contribution in [2.45, 2.75) is 59.4 Å². The summed E-state index contributed by atoms with van der Waals surface area (Å²) < 4.78 is 0.854. The van der Waals surface area contributed by atoms with Crippen molar-refractivity contribution in [1.29, 1.82) is 5.26 Å². The molecular weight excluding hydrogens is 298 g/mol. The molecule has 0 unspecified atom stereocenters. The van der Waals surface area contributed by atoms with Gasteiger partial charge >= 0.3 is 0 Å². The SMILES string of the molecule is CC[N+](CC)(CC)C1(C(=O)Nc2c(C)cc(C#N)cc2C)CCC1. The number of nitrogens with zero attached hydrogens (tertiary/aromatic N) is 2. The fourth-order valence-electron chi connectivity index (χ4n) is 4.46. The second-order valence-electron chi connectivity index (χ2n) is 7.03. The van der Waals surface area contributed by atoms with Crippen LogP contribution < -0.4 is 5.32 Å². The highest BCUT2D eigenvalue weighted by Crippen LogP contribution is 2.44. The number of nitriles is 1. The number of nitrogens with one attached hydrogen (secondary N) is 1. The summed E-state index contributed by atoms with van der Waals surface area (Å²) in [5, 5.41) is 12.3. The molecule has 2 rings (SSSR count). The van der Waals surface area contributed by atoms with E-state index < -0.39 is 0 Å². The van der Waals surface area contributed by atoms with Crippen LogP contribution in [0.5, 0.6) is 0 Å². The van der Waals surface area contributed by atoms with Crippen molar-refractivity contribution >= 4 is 11.6 Å². The number of benzene rings is 1. The summed E-state index contributed by atoms with van der Waals surface area (Å²) in [6, 6.07) is 5.87. The van der Waals surface area contributed by atoms with E-state index in [0.717, 1.165) is 60.2 Å². The Labute approximate surface area is 146 Å². The van der Waals surface area contributed by atoms with Crippen LogP contribution in [0, 0.1) is 25.2 Å². The minimum atomic E-state index is -0.301. The van der Waals surface area contributed by atoms with E-state index in [4.69, 9.17) is 5.26 Å². The predicted octanol–water partition coefficient (Wildman–Crippen LogP) is 3.91. The molecule has 24 heavy (non-hydrogen) atoms. The van der Waals surface area contributed by atoms with Crippen molar-refractivity contribution in [2.75, 3.05) is 25.0 Å². The summed E-state index contributed by atoms with van der Waals surface area (Å²) in [5.41, 5.74) is 3.12. The number of likely N-dealkylation sites (N-methyl/N-ethyl adjacent to an activating group) is 1. The van der Waals surface area contributed by atoms with Crippen LogP contribution in [-0.2, 0) is 4.79 Å². The van der Waals surface area contributed by atoms with Gasteiger partial charge in [0.2, 0.25) is 0 Å². The Morgan fingerprint density at radius 1 is 1.17 bits per heavy atom. The molecule has 1 N–H and O–H groups in total. The number of hydrogen-bond acceptors (Lipinski definition) is 2. The molecule has 0 radical (unpaired) electrons. The average molecular weight is 328 g/mol. The van der Waals surface area contributed by atoms with Crippen molar-refractivity contribution < 1.29 is 9.28 Å². The quantitative estimate of drug-likeness (QED) is 0.805. The van der Waals surface area contributed by atoms with Crippen molar-refractivity contribution in [2.24, 2.45) is 0 Å². The molecule has 0 aliphatic heterocycles. The number of aryl methyl sites for hydroxylation is 2. The molecular formula is C20H30N3O+. The van der Waals surface area contributed by atoms with E-state index in [0.29, 0.717) is 5.56 Å². The highest BCUT2D eigenvalue weighted by atomic mass is 16.2. The number of hydrogen-bond donors (Lipinski definition) is 1. The number of anilines is 1. The molecule has 4 nitrogen and oxygen atoms in total. The molecule has 1 aromatic rings. The van der Waals surface area contributed by atoms with E-state index in [-0.39, 0.29) is 11.4 Å². The lowest BCUT2D eigenvalue weighted by atomic mass is 9.72. The van der Waals surface area contributed by atoms with E-state index in [9.17, 15) is 4.79 Å². The first-order chi connectivity index (χ1) is 11.4. The van der Waals surface area contributed by atoms with Gasteiger partial charge in [-0.3, -0.25) is 4.79 Å². The van der Waals surface area contributed by atoms with Gasteiger partial charge in [0.1, 0.15) is 0 Å². The molecule has 0 bridgehead atoms. The van der Waals surface area contributed by atoms with E-state index in [1.165, 1.54) is 0 Å². The first-order valence-electron chi connectivity index (χ1n) is 9.08. The lowest BCUT2D eigenvalue weighted by Crippen LogP contribution is -2.72. The molecule has 4 heteroatoms. The Hall–Kier alpha value is -1.86. The zero-order chi connectivity index (χ0) is 18.0. The summed E-state index contributed by atoms with van der Waals surface area (Å²) in [4.78, 5) is 13.3. The molecule has 1 aliphatic carbocycles. The monoisotopic (exact) mass is 328 g/mol. The smallest absolute Gasteiger partial charge is 0.285 e. The third kappa shape index (κ3) is 2.71. The van der Waals surface area contributed by atoms with Gasteiger partial charge < -0.3 is 9.80 Å². The molecule has 1 saturated carbocycles. The number of carbonyl (C=O) groups is 1. The molecule has 0 atom stereocenters. The van der Waals surface area contributed by atoms with E-state index in [1.807, 2.05) is 26.0 Å². The molecule has 0 spiro atoms. The highest BCUT2D eigenvalue weighted by Gasteiger charge is 2.58. The highest BCUT2D eigenvalue weighted by molar-refractivity contribution is 5.99. The van der Waals surface area contributed by atoms with Crippen LogP contribution in [0.25, 0.3) is 0 Å². The van der Waals surface area contributed by atoms with Gasteiger partial charge in [-0.2, -0.15) is 5.26 Å². The number of quaternary nitrogens is 1. The lowest BCUT2D eigenvalue weighted by molar-refractivity contribution is -0.967. The van der Waals surface area contributed by atoms with Crippen molar-refractivity contribution in [3.05, 3.63) is 28.8 Å². The maximum absolute atomic E-state index is 13.3. The van der Waals surface area contributed by atoms with Crippen LogP contribution in [0.2, 0.25) is 0 Å². The molecule has 130 valence electrons. The van der Waals surface area contributed by atoms with Crippen molar-refractivity contribution in [1.82, 2.24) is 0 Å². The third-order valence-electron chi connectivity index (χ3n) is 6.23. The molecule has 1 aliphatic rings. The Balaban J connectivity index is 2.37. The van der Waals surface area contributed by atoms with Crippen LogP contribution in [0.15, 0.2) is 12.1 Å².